The molecule has 9 heteroatoms. The van der Waals surface area contributed by atoms with Crippen LogP contribution in [0.5, 0.6) is 5.75 Å². The van der Waals surface area contributed by atoms with Gasteiger partial charge in [0.05, 0.1) is 18.5 Å². The van der Waals surface area contributed by atoms with Crippen LogP contribution in [0.3, 0.4) is 0 Å². The number of aromatic nitrogens is 1. The first-order valence-corrected chi connectivity index (χ1v) is 11.7. The first-order valence-electron chi connectivity index (χ1n) is 10.8. The van der Waals surface area contributed by atoms with E-state index in [1.807, 2.05) is 19.2 Å². The number of guanidine groups is 1. The standard InChI is InChI=1S/C22H32N6OS.HI/c1-23-21(24-11-9-18-16-30-22(26-18)27-12-5-6-13-27)25-17-10-14-28(15-17)19-7-3-4-8-20(19)29-2;/h3-4,7-8,16-17H,5-6,9-15H2,1-2H3,(H2,23,24,25);1H. The van der Waals surface area contributed by atoms with E-state index >= 15 is 0 Å². The molecule has 2 aliphatic rings. The van der Waals surface area contributed by atoms with Gasteiger partial charge in [-0.3, -0.25) is 4.99 Å². The molecule has 0 aliphatic carbocycles. The number of methoxy groups -OCH3 is 1. The summed E-state index contributed by atoms with van der Waals surface area (Å²) in [6, 6.07) is 8.58. The van der Waals surface area contributed by atoms with Gasteiger partial charge in [0.25, 0.3) is 0 Å². The molecule has 1 aromatic heterocycles. The van der Waals surface area contributed by atoms with Gasteiger partial charge in [0.1, 0.15) is 5.75 Å². The Hall–Kier alpha value is -1.75. The van der Waals surface area contributed by atoms with Gasteiger partial charge in [-0.2, -0.15) is 0 Å². The monoisotopic (exact) mass is 556 g/mol. The molecule has 2 N–H and O–H groups in total. The SMILES string of the molecule is CN=C(NCCc1csc(N2CCCC2)n1)NC1CCN(c2ccccc2OC)C1.I. The van der Waals surface area contributed by atoms with Crippen molar-refractivity contribution in [2.75, 3.05) is 56.7 Å². The second-order valence-corrected chi connectivity index (χ2v) is 8.65. The molecule has 1 atom stereocenters. The van der Waals surface area contributed by atoms with Crippen LogP contribution in [0.1, 0.15) is 25.0 Å². The molecule has 2 fully saturated rings. The van der Waals surface area contributed by atoms with Crippen LogP contribution in [0.15, 0.2) is 34.6 Å². The highest BCUT2D eigenvalue weighted by molar-refractivity contribution is 14.0. The Morgan fingerprint density at radius 1 is 1.23 bits per heavy atom. The molecule has 0 amide bonds. The van der Waals surface area contributed by atoms with Gasteiger partial charge in [0.15, 0.2) is 11.1 Å². The molecular weight excluding hydrogens is 523 g/mol. The summed E-state index contributed by atoms with van der Waals surface area (Å²) in [5.41, 5.74) is 2.32. The molecule has 2 saturated heterocycles. The van der Waals surface area contributed by atoms with E-state index in [2.05, 4.69) is 42.9 Å². The Morgan fingerprint density at radius 3 is 2.81 bits per heavy atom. The minimum atomic E-state index is 0. The summed E-state index contributed by atoms with van der Waals surface area (Å²) in [5, 5.41) is 10.4. The molecule has 0 radical (unpaired) electrons. The van der Waals surface area contributed by atoms with Gasteiger partial charge in [-0.1, -0.05) is 12.1 Å². The van der Waals surface area contributed by atoms with Crippen molar-refractivity contribution < 1.29 is 4.74 Å². The fourth-order valence-corrected chi connectivity index (χ4v) is 5.06. The number of benzene rings is 1. The van der Waals surface area contributed by atoms with Crippen LogP contribution in [0.2, 0.25) is 0 Å². The average Bonchev–Trinajstić information content (AvgIpc) is 3.54. The molecule has 7 nitrogen and oxygen atoms in total. The van der Waals surface area contributed by atoms with E-state index in [4.69, 9.17) is 9.72 Å². The maximum absolute atomic E-state index is 5.52. The Labute approximate surface area is 206 Å². The zero-order chi connectivity index (χ0) is 20.8. The number of thiazole rings is 1. The number of para-hydroxylation sites is 2. The van der Waals surface area contributed by atoms with Crippen molar-refractivity contribution in [3.8, 4) is 5.75 Å². The molecule has 3 heterocycles. The predicted molar refractivity (Wildman–Crippen MR) is 141 cm³/mol. The van der Waals surface area contributed by atoms with E-state index in [0.29, 0.717) is 6.04 Å². The largest absolute Gasteiger partial charge is 0.495 e. The van der Waals surface area contributed by atoms with Crippen LogP contribution in [0.4, 0.5) is 10.8 Å². The number of anilines is 2. The van der Waals surface area contributed by atoms with E-state index in [1.54, 1.807) is 18.4 Å². The van der Waals surface area contributed by atoms with Crippen molar-refractivity contribution in [2.45, 2.75) is 31.7 Å². The number of nitrogens with zero attached hydrogens (tertiary/aromatic N) is 4. The quantitative estimate of drug-likeness (QED) is 0.310. The second kappa shape index (κ2) is 11.8. The number of halogens is 1. The van der Waals surface area contributed by atoms with Crippen molar-refractivity contribution >= 4 is 52.1 Å². The first-order chi connectivity index (χ1) is 14.8. The summed E-state index contributed by atoms with van der Waals surface area (Å²) in [5.74, 6) is 1.79. The topological polar surface area (TPSA) is 65.0 Å². The molecule has 0 spiro atoms. The molecule has 4 rings (SSSR count). The average molecular weight is 557 g/mol. The summed E-state index contributed by atoms with van der Waals surface area (Å²) >= 11 is 1.76. The number of hydrogen-bond acceptors (Lipinski definition) is 6. The van der Waals surface area contributed by atoms with Gasteiger partial charge in [0.2, 0.25) is 0 Å². The molecule has 0 saturated carbocycles. The predicted octanol–water partition coefficient (Wildman–Crippen LogP) is 3.36. The van der Waals surface area contributed by atoms with Crippen LogP contribution in [-0.4, -0.2) is 63.9 Å². The molecule has 2 aromatic rings. The van der Waals surface area contributed by atoms with E-state index in [1.165, 1.54) is 18.0 Å². The smallest absolute Gasteiger partial charge is 0.191 e. The zero-order valence-electron chi connectivity index (χ0n) is 18.3. The molecule has 1 unspecified atom stereocenters. The number of rotatable bonds is 7. The van der Waals surface area contributed by atoms with Gasteiger partial charge in [-0.15, -0.1) is 35.3 Å². The summed E-state index contributed by atoms with van der Waals surface area (Å²) in [6.45, 7) is 5.06. The second-order valence-electron chi connectivity index (χ2n) is 7.81. The lowest BCUT2D eigenvalue weighted by atomic mass is 10.2. The Bertz CT molecular complexity index is 854. The van der Waals surface area contributed by atoms with Crippen LogP contribution in [-0.2, 0) is 6.42 Å². The lowest BCUT2D eigenvalue weighted by Gasteiger charge is -2.22. The highest BCUT2D eigenvalue weighted by atomic mass is 127. The molecule has 0 bridgehead atoms. The minimum Gasteiger partial charge on any atom is -0.495 e. The molecule has 2 aliphatic heterocycles. The normalized spacial score (nSPS) is 18.8. The van der Waals surface area contributed by atoms with E-state index < -0.39 is 0 Å². The molecular formula is C22H33IN6OS. The molecule has 31 heavy (non-hydrogen) atoms. The van der Waals surface area contributed by atoms with E-state index in [0.717, 1.165) is 68.7 Å². The van der Waals surface area contributed by atoms with Gasteiger partial charge >= 0.3 is 0 Å². The third-order valence-electron chi connectivity index (χ3n) is 5.77. The number of hydrogen-bond donors (Lipinski definition) is 2. The number of nitrogens with one attached hydrogen (secondary N) is 2. The van der Waals surface area contributed by atoms with Crippen LogP contribution < -0.4 is 25.2 Å². The third-order valence-corrected chi connectivity index (χ3v) is 6.72. The number of ether oxygens (including phenoxy) is 1. The summed E-state index contributed by atoms with van der Waals surface area (Å²) in [4.78, 5) is 14.0. The van der Waals surface area contributed by atoms with Gasteiger partial charge in [0, 0.05) is 57.6 Å². The third kappa shape index (κ3) is 6.15. The molecule has 1 aromatic carbocycles. The Kier molecular flexibility index (Phi) is 9.06. The van der Waals surface area contributed by atoms with Crippen molar-refractivity contribution in [1.29, 1.82) is 0 Å². The maximum Gasteiger partial charge on any atom is 0.191 e. The fraction of sp³-hybridized carbons (Fsp3) is 0.545. The lowest BCUT2D eigenvalue weighted by molar-refractivity contribution is 0.415. The van der Waals surface area contributed by atoms with Crippen molar-refractivity contribution in [2.24, 2.45) is 4.99 Å². The van der Waals surface area contributed by atoms with Crippen LogP contribution in [0.25, 0.3) is 0 Å². The van der Waals surface area contributed by atoms with Crippen LogP contribution >= 0.6 is 35.3 Å². The zero-order valence-corrected chi connectivity index (χ0v) is 21.5. The maximum atomic E-state index is 5.52. The van der Waals surface area contributed by atoms with Crippen LogP contribution in [0, 0.1) is 0 Å². The Morgan fingerprint density at radius 2 is 2.03 bits per heavy atom. The summed E-state index contributed by atoms with van der Waals surface area (Å²) in [6.07, 6.45) is 4.55. The van der Waals surface area contributed by atoms with Crippen molar-refractivity contribution in [3.05, 3.63) is 35.3 Å². The highest BCUT2D eigenvalue weighted by Crippen LogP contribution is 2.30. The van der Waals surface area contributed by atoms with E-state index in [-0.39, 0.29) is 24.0 Å². The Balaban J connectivity index is 0.00000272. The van der Waals surface area contributed by atoms with Gasteiger partial charge in [-0.25, -0.2) is 4.98 Å². The van der Waals surface area contributed by atoms with Crippen molar-refractivity contribution in [3.63, 3.8) is 0 Å². The fourth-order valence-electron chi connectivity index (χ4n) is 4.15. The van der Waals surface area contributed by atoms with Gasteiger partial charge < -0.3 is 25.2 Å². The lowest BCUT2D eigenvalue weighted by Crippen LogP contribution is -2.45. The van der Waals surface area contributed by atoms with E-state index in [9.17, 15) is 0 Å². The minimum absolute atomic E-state index is 0. The number of aliphatic imine (C=N–C) groups is 1. The first kappa shape index (κ1) is 23.9. The highest BCUT2D eigenvalue weighted by Gasteiger charge is 2.25. The van der Waals surface area contributed by atoms with Crippen molar-refractivity contribution in [1.82, 2.24) is 15.6 Å². The van der Waals surface area contributed by atoms with Gasteiger partial charge in [-0.05, 0) is 31.4 Å². The molecule has 170 valence electrons. The summed E-state index contributed by atoms with van der Waals surface area (Å²) < 4.78 is 5.52. The summed E-state index contributed by atoms with van der Waals surface area (Å²) in [7, 11) is 3.56.